The fourth-order valence-corrected chi connectivity index (χ4v) is 2.19. The number of hydrogen-bond donors (Lipinski definition) is 1. The summed E-state index contributed by atoms with van der Waals surface area (Å²) in [5, 5.41) is 12.8. The maximum atomic E-state index is 10.9. The molecule has 64 valence electrons. The van der Waals surface area contributed by atoms with Crippen molar-refractivity contribution in [3.63, 3.8) is 0 Å². The molecule has 1 saturated carbocycles. The summed E-state index contributed by atoms with van der Waals surface area (Å²) in [5.74, 6) is -0.510. The molecule has 2 rings (SSSR count). The van der Waals surface area contributed by atoms with E-state index in [9.17, 15) is 4.79 Å². The van der Waals surface area contributed by atoms with Gasteiger partial charge in [-0.25, -0.2) is 0 Å². The summed E-state index contributed by atoms with van der Waals surface area (Å²) in [6.07, 6.45) is 2.15. The molecular formula is C9H10O2S. The molecule has 0 bridgehead atoms. The van der Waals surface area contributed by atoms with Crippen LogP contribution in [0.2, 0.25) is 0 Å². The van der Waals surface area contributed by atoms with Gasteiger partial charge in [0.1, 0.15) is 0 Å². The molecule has 1 aliphatic rings. The van der Waals surface area contributed by atoms with Crippen molar-refractivity contribution in [3.05, 3.63) is 22.4 Å². The van der Waals surface area contributed by atoms with Crippen molar-refractivity contribution in [2.24, 2.45) is 5.92 Å². The first-order chi connectivity index (χ1) is 5.79. The van der Waals surface area contributed by atoms with Gasteiger partial charge >= 0.3 is 5.97 Å². The van der Waals surface area contributed by atoms with Crippen LogP contribution in [0.1, 0.15) is 24.3 Å². The maximum absolute atomic E-state index is 10.9. The molecule has 0 aliphatic heterocycles. The Morgan fingerprint density at radius 2 is 2.42 bits per heavy atom. The number of thiophene rings is 1. The molecule has 1 atom stereocenters. The fraction of sp³-hybridized carbons (Fsp3) is 0.444. The molecule has 0 amide bonds. The third-order valence-electron chi connectivity index (χ3n) is 2.26. The van der Waals surface area contributed by atoms with Crippen LogP contribution in [0.3, 0.4) is 0 Å². The Morgan fingerprint density at radius 3 is 2.83 bits per heavy atom. The van der Waals surface area contributed by atoms with Gasteiger partial charge in [-0.2, -0.15) is 11.3 Å². The van der Waals surface area contributed by atoms with Gasteiger partial charge < -0.3 is 5.11 Å². The quantitative estimate of drug-likeness (QED) is 0.779. The molecule has 1 aromatic heterocycles. The van der Waals surface area contributed by atoms with Crippen LogP contribution in [-0.2, 0) is 4.79 Å². The van der Waals surface area contributed by atoms with Crippen molar-refractivity contribution in [3.8, 4) is 0 Å². The second kappa shape index (κ2) is 2.90. The van der Waals surface area contributed by atoms with E-state index in [0.29, 0.717) is 5.92 Å². The summed E-state index contributed by atoms with van der Waals surface area (Å²) < 4.78 is 0. The minimum atomic E-state index is -0.670. The van der Waals surface area contributed by atoms with E-state index in [1.54, 1.807) is 11.3 Å². The largest absolute Gasteiger partial charge is 0.481 e. The van der Waals surface area contributed by atoms with Crippen molar-refractivity contribution in [2.45, 2.75) is 18.8 Å². The lowest BCUT2D eigenvalue weighted by Crippen LogP contribution is -2.12. The van der Waals surface area contributed by atoms with Crippen molar-refractivity contribution in [1.82, 2.24) is 0 Å². The summed E-state index contributed by atoms with van der Waals surface area (Å²) in [7, 11) is 0. The van der Waals surface area contributed by atoms with Gasteiger partial charge in [-0.3, -0.25) is 4.79 Å². The first-order valence-electron chi connectivity index (χ1n) is 4.04. The molecule has 1 aliphatic carbocycles. The number of hydrogen-bond acceptors (Lipinski definition) is 2. The van der Waals surface area contributed by atoms with Crippen molar-refractivity contribution in [1.29, 1.82) is 0 Å². The molecule has 1 N–H and O–H groups in total. The number of carboxylic acid groups (broad SMARTS) is 1. The number of carboxylic acids is 1. The van der Waals surface area contributed by atoms with Crippen LogP contribution in [0.25, 0.3) is 0 Å². The highest BCUT2D eigenvalue weighted by atomic mass is 32.1. The Morgan fingerprint density at radius 1 is 1.67 bits per heavy atom. The van der Waals surface area contributed by atoms with Gasteiger partial charge in [0, 0.05) is 0 Å². The van der Waals surface area contributed by atoms with E-state index in [0.717, 1.165) is 18.4 Å². The van der Waals surface area contributed by atoms with E-state index in [-0.39, 0.29) is 5.92 Å². The van der Waals surface area contributed by atoms with E-state index in [1.165, 1.54) is 0 Å². The van der Waals surface area contributed by atoms with Gasteiger partial charge in [0.15, 0.2) is 0 Å². The third kappa shape index (κ3) is 1.37. The average Bonchev–Trinajstić information content (AvgIpc) is 2.65. The van der Waals surface area contributed by atoms with E-state index in [1.807, 2.05) is 16.8 Å². The Kier molecular flexibility index (Phi) is 1.89. The zero-order valence-electron chi connectivity index (χ0n) is 6.56. The zero-order valence-corrected chi connectivity index (χ0v) is 7.38. The number of rotatable bonds is 3. The Balaban J connectivity index is 2.21. The highest BCUT2D eigenvalue weighted by Gasteiger charge is 2.37. The molecule has 0 aromatic carbocycles. The van der Waals surface area contributed by atoms with E-state index in [4.69, 9.17) is 5.11 Å². The fourth-order valence-electron chi connectivity index (χ4n) is 1.50. The first kappa shape index (κ1) is 7.80. The van der Waals surface area contributed by atoms with Gasteiger partial charge in [-0.1, -0.05) is 0 Å². The normalized spacial score (nSPS) is 19.0. The third-order valence-corrected chi connectivity index (χ3v) is 2.96. The van der Waals surface area contributed by atoms with Crippen LogP contribution in [0.4, 0.5) is 0 Å². The molecule has 0 spiro atoms. The molecule has 0 radical (unpaired) electrons. The van der Waals surface area contributed by atoms with Crippen molar-refractivity contribution >= 4 is 17.3 Å². The van der Waals surface area contributed by atoms with E-state index in [2.05, 4.69) is 0 Å². The predicted octanol–water partition coefficient (Wildman–Crippen LogP) is 2.33. The second-order valence-electron chi connectivity index (χ2n) is 3.21. The van der Waals surface area contributed by atoms with Crippen LogP contribution in [0.5, 0.6) is 0 Å². The van der Waals surface area contributed by atoms with E-state index >= 15 is 0 Å². The number of carbonyl (C=O) groups is 1. The van der Waals surface area contributed by atoms with Crippen molar-refractivity contribution in [2.75, 3.05) is 0 Å². The predicted molar refractivity (Wildman–Crippen MR) is 47.4 cm³/mol. The van der Waals surface area contributed by atoms with Gasteiger partial charge in [0.2, 0.25) is 0 Å². The van der Waals surface area contributed by atoms with Crippen LogP contribution in [0.15, 0.2) is 16.8 Å². The Labute approximate surface area is 74.8 Å². The van der Waals surface area contributed by atoms with Crippen molar-refractivity contribution < 1.29 is 9.90 Å². The molecule has 1 aromatic rings. The maximum Gasteiger partial charge on any atom is 0.311 e. The smallest absolute Gasteiger partial charge is 0.311 e. The highest BCUT2D eigenvalue weighted by Crippen LogP contribution is 2.43. The Hall–Kier alpha value is -0.830. The zero-order chi connectivity index (χ0) is 8.55. The summed E-state index contributed by atoms with van der Waals surface area (Å²) >= 11 is 1.57. The molecule has 0 saturated heterocycles. The van der Waals surface area contributed by atoms with Gasteiger partial charge in [0.05, 0.1) is 5.92 Å². The van der Waals surface area contributed by atoms with Gasteiger partial charge in [-0.05, 0) is 41.1 Å². The molecular weight excluding hydrogens is 172 g/mol. The number of aliphatic carboxylic acids is 1. The van der Waals surface area contributed by atoms with Crippen LogP contribution in [0, 0.1) is 5.92 Å². The molecule has 12 heavy (non-hydrogen) atoms. The SMILES string of the molecule is O=C(O)C(c1ccsc1)C1CC1. The summed E-state index contributed by atoms with van der Waals surface area (Å²) in [6.45, 7) is 0. The lowest BCUT2D eigenvalue weighted by Gasteiger charge is -2.07. The Bertz CT molecular complexity index is 275. The first-order valence-corrected chi connectivity index (χ1v) is 4.98. The highest BCUT2D eigenvalue weighted by molar-refractivity contribution is 7.08. The average molecular weight is 182 g/mol. The summed E-state index contributed by atoms with van der Waals surface area (Å²) in [6, 6.07) is 1.92. The topological polar surface area (TPSA) is 37.3 Å². The molecule has 1 heterocycles. The molecule has 1 fully saturated rings. The lowest BCUT2D eigenvalue weighted by molar-refractivity contribution is -0.139. The lowest BCUT2D eigenvalue weighted by atomic mass is 9.97. The van der Waals surface area contributed by atoms with Gasteiger partial charge in [-0.15, -0.1) is 0 Å². The summed E-state index contributed by atoms with van der Waals surface area (Å²) in [5.41, 5.74) is 0.981. The minimum absolute atomic E-state index is 0.240. The molecule has 2 nitrogen and oxygen atoms in total. The van der Waals surface area contributed by atoms with E-state index < -0.39 is 5.97 Å². The summed E-state index contributed by atoms with van der Waals surface area (Å²) in [4.78, 5) is 10.9. The van der Waals surface area contributed by atoms with Gasteiger partial charge in [0.25, 0.3) is 0 Å². The second-order valence-corrected chi connectivity index (χ2v) is 3.99. The van der Waals surface area contributed by atoms with Crippen LogP contribution < -0.4 is 0 Å². The molecule has 1 unspecified atom stereocenters. The molecule has 3 heteroatoms. The standard InChI is InChI=1S/C9H10O2S/c10-9(11)8(6-1-2-6)7-3-4-12-5-7/h3-6,8H,1-2H2,(H,10,11). The minimum Gasteiger partial charge on any atom is -0.481 e. The monoisotopic (exact) mass is 182 g/mol. The van der Waals surface area contributed by atoms with Crippen LogP contribution in [-0.4, -0.2) is 11.1 Å². The van der Waals surface area contributed by atoms with Crippen LogP contribution >= 0.6 is 11.3 Å².